The van der Waals surface area contributed by atoms with Gasteiger partial charge < -0.3 is 15.4 Å². The quantitative estimate of drug-likeness (QED) is 0.224. The van der Waals surface area contributed by atoms with Crippen molar-refractivity contribution < 1.29 is 15.1 Å². The number of amides is 1. The number of hydrogen-bond donors (Lipinski definition) is 5. The first-order chi connectivity index (χ1) is 13.7. The second-order valence-corrected chi connectivity index (χ2v) is 6.60. The van der Waals surface area contributed by atoms with Gasteiger partial charge in [0.1, 0.15) is 0 Å². The third kappa shape index (κ3) is 5.07. The third-order valence-corrected chi connectivity index (χ3v) is 4.76. The van der Waals surface area contributed by atoms with Crippen LogP contribution in [0, 0.1) is 0 Å². The molecule has 0 saturated heterocycles. The van der Waals surface area contributed by atoms with E-state index in [1.807, 2.05) is 36.4 Å². The number of H-pyrrole nitrogens is 1. The Morgan fingerprint density at radius 3 is 2.68 bits per heavy atom. The summed E-state index contributed by atoms with van der Waals surface area (Å²) in [4.78, 5) is 14.4. The summed E-state index contributed by atoms with van der Waals surface area (Å²) in [5.74, 6) is -0.565. The van der Waals surface area contributed by atoms with Gasteiger partial charge in [0, 0.05) is 35.8 Å². The van der Waals surface area contributed by atoms with Crippen molar-refractivity contribution in [1.29, 1.82) is 0 Å². The van der Waals surface area contributed by atoms with Crippen molar-refractivity contribution in [2.45, 2.75) is 18.9 Å². The number of hydroxylamine groups is 1. The molecule has 3 rings (SSSR count). The number of aliphatic hydroxyl groups excluding tert-OH is 1. The lowest BCUT2D eigenvalue weighted by atomic mass is 9.97. The fraction of sp³-hybridized carbons (Fsp3) is 0.227. The van der Waals surface area contributed by atoms with Crippen molar-refractivity contribution in [1.82, 2.24) is 15.8 Å². The maximum atomic E-state index is 11.1. The first kappa shape index (κ1) is 19.8. The van der Waals surface area contributed by atoms with E-state index in [0.29, 0.717) is 6.54 Å². The third-order valence-electron chi connectivity index (χ3n) is 4.76. The number of fused-ring (bicyclic) bond motifs is 1. The molecule has 0 aliphatic carbocycles. The van der Waals surface area contributed by atoms with Crippen molar-refractivity contribution >= 4 is 22.9 Å². The summed E-state index contributed by atoms with van der Waals surface area (Å²) in [5.41, 5.74) is 5.97. The highest BCUT2D eigenvalue weighted by atomic mass is 16.5. The maximum absolute atomic E-state index is 11.1. The van der Waals surface area contributed by atoms with E-state index in [2.05, 4.69) is 28.6 Å². The molecule has 6 heteroatoms. The summed E-state index contributed by atoms with van der Waals surface area (Å²) in [6.45, 7) is 0.609. The topological polar surface area (TPSA) is 97.4 Å². The first-order valence-electron chi connectivity index (χ1n) is 9.32. The van der Waals surface area contributed by atoms with Crippen molar-refractivity contribution in [2.75, 3.05) is 13.2 Å². The summed E-state index contributed by atoms with van der Waals surface area (Å²) in [7, 11) is 0. The molecule has 6 nitrogen and oxygen atoms in total. The van der Waals surface area contributed by atoms with Gasteiger partial charge in [0.2, 0.25) is 0 Å². The molecule has 5 N–H and O–H groups in total. The van der Waals surface area contributed by atoms with Gasteiger partial charge in [-0.15, -0.1) is 0 Å². The zero-order valence-corrected chi connectivity index (χ0v) is 15.6. The lowest BCUT2D eigenvalue weighted by Gasteiger charge is -2.19. The Hall–Kier alpha value is -2.93. The van der Waals surface area contributed by atoms with Gasteiger partial charge in [-0.1, -0.05) is 42.5 Å². The van der Waals surface area contributed by atoms with Crippen molar-refractivity contribution in [3.63, 3.8) is 0 Å². The Balaban J connectivity index is 1.70. The molecule has 2 aromatic carbocycles. The van der Waals surface area contributed by atoms with Crippen LogP contribution in [-0.4, -0.2) is 34.4 Å². The zero-order chi connectivity index (χ0) is 19.8. The van der Waals surface area contributed by atoms with Crippen molar-refractivity contribution in [3.05, 3.63) is 77.5 Å². The largest absolute Gasteiger partial charge is 0.395 e. The lowest BCUT2D eigenvalue weighted by Crippen LogP contribution is -2.25. The summed E-state index contributed by atoms with van der Waals surface area (Å²) < 4.78 is 0. The van der Waals surface area contributed by atoms with Crippen LogP contribution in [0.1, 0.15) is 29.2 Å². The first-order valence-corrected chi connectivity index (χ1v) is 9.32. The molecule has 0 saturated carbocycles. The predicted octanol–water partition coefficient (Wildman–Crippen LogP) is 2.94. The van der Waals surface area contributed by atoms with Gasteiger partial charge in [-0.2, -0.15) is 0 Å². The van der Waals surface area contributed by atoms with E-state index < -0.39 is 5.91 Å². The van der Waals surface area contributed by atoms with Gasteiger partial charge >= 0.3 is 0 Å². The number of para-hydroxylation sites is 1. The number of benzene rings is 2. The van der Waals surface area contributed by atoms with Crippen LogP contribution in [0.15, 0.2) is 60.8 Å². The number of rotatable bonds is 9. The highest BCUT2D eigenvalue weighted by Gasteiger charge is 2.12. The van der Waals surface area contributed by atoms with Crippen LogP contribution in [0.2, 0.25) is 0 Å². The number of aromatic nitrogens is 1. The van der Waals surface area contributed by atoms with E-state index in [0.717, 1.165) is 29.5 Å². The molecular formula is C22H25N3O3. The predicted molar refractivity (Wildman–Crippen MR) is 110 cm³/mol. The second-order valence-electron chi connectivity index (χ2n) is 6.60. The Morgan fingerprint density at radius 2 is 1.93 bits per heavy atom. The normalized spacial score (nSPS) is 12.5. The zero-order valence-electron chi connectivity index (χ0n) is 15.6. The van der Waals surface area contributed by atoms with E-state index in [-0.39, 0.29) is 12.6 Å². The van der Waals surface area contributed by atoms with Crippen LogP contribution in [0.4, 0.5) is 0 Å². The summed E-state index contributed by atoms with van der Waals surface area (Å²) in [6, 6.07) is 16.3. The van der Waals surface area contributed by atoms with Crippen molar-refractivity contribution in [3.8, 4) is 0 Å². The summed E-state index contributed by atoms with van der Waals surface area (Å²) >= 11 is 0. The number of nitrogens with one attached hydrogen (secondary N) is 3. The Morgan fingerprint density at radius 1 is 1.14 bits per heavy atom. The van der Waals surface area contributed by atoms with Gasteiger partial charge in [-0.3, -0.25) is 10.0 Å². The molecule has 0 bridgehead atoms. The molecule has 0 aliphatic heterocycles. The second kappa shape index (κ2) is 9.85. The van der Waals surface area contributed by atoms with Gasteiger partial charge in [-0.25, -0.2) is 5.48 Å². The standard InChI is InChI=1S/C22H25N3O3/c26-14-13-23-20(11-10-18-15-24-21-4-2-1-3-19(18)21)17-8-5-16(6-9-17)7-12-22(27)25-28/h1-9,12,15,20,23-24,26,28H,10-11,13-14H2,(H,25,27)/b12-7+. The number of aryl methyl sites for hydroxylation is 1. The maximum Gasteiger partial charge on any atom is 0.267 e. The highest BCUT2D eigenvalue weighted by Crippen LogP contribution is 2.24. The van der Waals surface area contributed by atoms with Gasteiger partial charge in [0.25, 0.3) is 5.91 Å². The smallest absolute Gasteiger partial charge is 0.267 e. The molecule has 1 amide bonds. The van der Waals surface area contributed by atoms with Crippen molar-refractivity contribution in [2.24, 2.45) is 0 Å². The Bertz CT molecular complexity index is 932. The van der Waals surface area contributed by atoms with Gasteiger partial charge in [0.05, 0.1) is 6.61 Å². The minimum Gasteiger partial charge on any atom is -0.395 e. The number of hydrogen-bond acceptors (Lipinski definition) is 4. The molecular weight excluding hydrogens is 354 g/mol. The Labute approximate surface area is 163 Å². The number of aliphatic hydroxyl groups is 1. The Kier molecular flexibility index (Phi) is 6.97. The minimum atomic E-state index is -0.565. The monoisotopic (exact) mass is 379 g/mol. The molecule has 3 aromatic rings. The van der Waals surface area contributed by atoms with E-state index >= 15 is 0 Å². The molecule has 0 fully saturated rings. The van der Waals surface area contributed by atoms with Crippen LogP contribution >= 0.6 is 0 Å². The highest BCUT2D eigenvalue weighted by molar-refractivity contribution is 5.90. The minimum absolute atomic E-state index is 0.0840. The molecule has 0 radical (unpaired) electrons. The number of carbonyl (C=O) groups is 1. The molecule has 1 heterocycles. The van der Waals surface area contributed by atoms with E-state index in [1.165, 1.54) is 17.0 Å². The fourth-order valence-electron chi connectivity index (χ4n) is 3.31. The van der Waals surface area contributed by atoms with E-state index in [4.69, 9.17) is 5.21 Å². The lowest BCUT2D eigenvalue weighted by molar-refractivity contribution is -0.124. The average Bonchev–Trinajstić information content (AvgIpc) is 3.16. The number of aromatic amines is 1. The van der Waals surface area contributed by atoms with E-state index in [9.17, 15) is 9.90 Å². The average molecular weight is 379 g/mol. The molecule has 1 unspecified atom stereocenters. The summed E-state index contributed by atoms with van der Waals surface area (Å²) in [6.07, 6.45) is 6.77. The van der Waals surface area contributed by atoms with Crippen LogP contribution in [-0.2, 0) is 11.2 Å². The van der Waals surface area contributed by atoms with Crippen LogP contribution in [0.3, 0.4) is 0 Å². The molecule has 1 atom stereocenters. The molecule has 1 aromatic heterocycles. The molecule has 146 valence electrons. The SMILES string of the molecule is O=C(/C=C/c1ccc(C(CCc2c[nH]c3ccccc23)NCCO)cc1)NO. The molecule has 0 aliphatic rings. The van der Waals surface area contributed by atoms with Crippen LogP contribution < -0.4 is 10.8 Å². The fourth-order valence-corrected chi connectivity index (χ4v) is 3.31. The van der Waals surface area contributed by atoms with Gasteiger partial charge in [0.15, 0.2) is 0 Å². The van der Waals surface area contributed by atoms with E-state index in [1.54, 1.807) is 11.6 Å². The number of carbonyl (C=O) groups excluding carboxylic acids is 1. The molecule has 28 heavy (non-hydrogen) atoms. The van der Waals surface area contributed by atoms with Crippen LogP contribution in [0.5, 0.6) is 0 Å². The summed E-state index contributed by atoms with van der Waals surface area (Å²) in [5, 5.41) is 22.4. The molecule has 0 spiro atoms. The van der Waals surface area contributed by atoms with Crippen LogP contribution in [0.25, 0.3) is 17.0 Å². The van der Waals surface area contributed by atoms with Gasteiger partial charge in [-0.05, 0) is 41.7 Å².